The molecule has 2 aromatic rings. The number of ether oxygens (including phenoxy) is 2. The Morgan fingerprint density at radius 1 is 1.00 bits per heavy atom. The highest BCUT2D eigenvalue weighted by atomic mass is 19.2. The molecule has 0 amide bonds. The average molecular weight is 348 g/mol. The molecule has 0 bridgehead atoms. The first kappa shape index (κ1) is 16.2. The molecule has 2 fully saturated rings. The fourth-order valence-corrected chi connectivity index (χ4v) is 3.17. The van der Waals surface area contributed by atoms with Crippen molar-refractivity contribution in [2.24, 2.45) is 0 Å². The zero-order chi connectivity index (χ0) is 17.3. The summed E-state index contributed by atoms with van der Waals surface area (Å²) < 4.78 is 37.8. The van der Waals surface area contributed by atoms with Gasteiger partial charge in [-0.2, -0.15) is 0 Å². The number of hydrogen-bond donors (Lipinski definition) is 1. The Morgan fingerprint density at radius 2 is 1.76 bits per heavy atom. The molecule has 25 heavy (non-hydrogen) atoms. The molecule has 1 N–H and O–H groups in total. The molecule has 0 unspecified atom stereocenters. The lowest BCUT2D eigenvalue weighted by Crippen LogP contribution is -2.45. The zero-order valence-electron chi connectivity index (χ0n) is 13.5. The summed E-state index contributed by atoms with van der Waals surface area (Å²) in [6, 6.07) is 5.41. The maximum atomic E-state index is 13.3. The van der Waals surface area contributed by atoms with E-state index >= 15 is 0 Å². The number of piperidine rings is 1. The van der Waals surface area contributed by atoms with Crippen LogP contribution >= 0.6 is 0 Å². The van der Waals surface area contributed by atoms with Crippen LogP contribution in [-0.2, 0) is 9.47 Å². The number of benzene rings is 1. The number of nitrogens with one attached hydrogen (secondary N) is 1. The van der Waals surface area contributed by atoms with Crippen LogP contribution in [0.1, 0.15) is 12.8 Å². The van der Waals surface area contributed by atoms with E-state index < -0.39 is 17.4 Å². The average Bonchev–Trinajstić information content (AvgIpc) is 3.07. The second-order valence-corrected chi connectivity index (χ2v) is 6.11. The van der Waals surface area contributed by atoms with E-state index in [1.54, 1.807) is 6.07 Å². The molecule has 2 aliphatic heterocycles. The van der Waals surface area contributed by atoms with Crippen LogP contribution in [0, 0.1) is 11.6 Å². The first-order valence-electron chi connectivity index (χ1n) is 8.21. The smallest absolute Gasteiger partial charge is 0.171 e. The van der Waals surface area contributed by atoms with Gasteiger partial charge in [-0.3, -0.25) is 0 Å². The highest BCUT2D eigenvalue weighted by molar-refractivity contribution is 5.59. The summed E-state index contributed by atoms with van der Waals surface area (Å²) in [5.41, 5.74) is 0.425. The van der Waals surface area contributed by atoms with E-state index in [-0.39, 0.29) is 0 Å². The molecule has 1 spiro atoms. The van der Waals surface area contributed by atoms with Gasteiger partial charge in [0.15, 0.2) is 17.4 Å². The van der Waals surface area contributed by atoms with Gasteiger partial charge < -0.3 is 19.7 Å². The molecule has 0 saturated carbocycles. The first-order chi connectivity index (χ1) is 12.1. The number of anilines is 3. The molecule has 2 aliphatic rings. The highest BCUT2D eigenvalue weighted by Gasteiger charge is 2.40. The minimum absolute atomic E-state index is 0.425. The summed E-state index contributed by atoms with van der Waals surface area (Å²) in [7, 11) is 0. The van der Waals surface area contributed by atoms with Crippen molar-refractivity contribution < 1.29 is 18.3 Å². The second kappa shape index (κ2) is 6.53. The number of nitrogens with zero attached hydrogens (tertiary/aromatic N) is 3. The number of halogens is 2. The van der Waals surface area contributed by atoms with E-state index in [0.29, 0.717) is 24.7 Å². The van der Waals surface area contributed by atoms with Crippen molar-refractivity contribution in [2.75, 3.05) is 36.5 Å². The Balaban J connectivity index is 1.45. The van der Waals surface area contributed by atoms with Crippen molar-refractivity contribution in [1.29, 1.82) is 0 Å². The van der Waals surface area contributed by atoms with E-state index in [1.807, 2.05) is 0 Å². The highest BCUT2D eigenvalue weighted by Crippen LogP contribution is 2.33. The third-order valence-corrected chi connectivity index (χ3v) is 4.51. The molecular weight excluding hydrogens is 330 g/mol. The fraction of sp³-hybridized carbons (Fsp3) is 0.412. The van der Waals surface area contributed by atoms with Crippen molar-refractivity contribution in [3.63, 3.8) is 0 Å². The maximum absolute atomic E-state index is 13.3. The molecule has 0 aliphatic carbocycles. The molecule has 2 saturated heterocycles. The lowest BCUT2D eigenvalue weighted by Gasteiger charge is -2.38. The van der Waals surface area contributed by atoms with Crippen molar-refractivity contribution in [1.82, 2.24) is 9.97 Å². The third kappa shape index (κ3) is 3.40. The fourth-order valence-electron chi connectivity index (χ4n) is 3.17. The van der Waals surface area contributed by atoms with Crippen LogP contribution in [0.4, 0.5) is 26.1 Å². The van der Waals surface area contributed by atoms with Crippen LogP contribution in [0.15, 0.2) is 30.6 Å². The topological polar surface area (TPSA) is 59.5 Å². The van der Waals surface area contributed by atoms with Gasteiger partial charge in [-0.1, -0.05) is 0 Å². The lowest BCUT2D eigenvalue weighted by atomic mass is 10.0. The van der Waals surface area contributed by atoms with Gasteiger partial charge in [-0.25, -0.2) is 18.7 Å². The predicted octanol–water partition coefficient (Wildman–Crippen LogP) is 2.84. The predicted molar refractivity (Wildman–Crippen MR) is 87.8 cm³/mol. The molecule has 132 valence electrons. The monoisotopic (exact) mass is 348 g/mol. The van der Waals surface area contributed by atoms with Crippen LogP contribution < -0.4 is 10.2 Å². The van der Waals surface area contributed by atoms with Crippen molar-refractivity contribution in [2.45, 2.75) is 18.6 Å². The summed E-state index contributed by atoms with van der Waals surface area (Å²) in [6.07, 6.45) is 3.01. The van der Waals surface area contributed by atoms with Gasteiger partial charge in [-0.05, 0) is 12.1 Å². The molecule has 4 rings (SSSR count). The van der Waals surface area contributed by atoms with Crippen LogP contribution in [0.2, 0.25) is 0 Å². The Kier molecular flexibility index (Phi) is 4.22. The summed E-state index contributed by atoms with van der Waals surface area (Å²) in [4.78, 5) is 10.6. The van der Waals surface area contributed by atoms with Crippen molar-refractivity contribution in [3.05, 3.63) is 42.2 Å². The number of rotatable bonds is 3. The normalized spacial score (nSPS) is 19.4. The van der Waals surface area contributed by atoms with Crippen LogP contribution in [0.3, 0.4) is 0 Å². The third-order valence-electron chi connectivity index (χ3n) is 4.51. The van der Waals surface area contributed by atoms with E-state index in [9.17, 15) is 8.78 Å². The summed E-state index contributed by atoms with van der Waals surface area (Å²) in [5.74, 6) is -0.932. The van der Waals surface area contributed by atoms with Gasteiger partial charge in [0.05, 0.1) is 13.2 Å². The molecule has 1 aromatic carbocycles. The van der Waals surface area contributed by atoms with Gasteiger partial charge in [-0.15, -0.1) is 0 Å². The Hall–Kier alpha value is -2.32. The first-order valence-corrected chi connectivity index (χ1v) is 8.21. The molecule has 8 heteroatoms. The standard InChI is InChI=1S/C17H18F2N4O2/c18-13-2-1-12(9-14(13)19)22-15-10-16(21-11-20-15)23-5-3-17(4-6-23)24-7-8-25-17/h1-2,9-11H,3-8H2,(H,20,21,22). The quantitative estimate of drug-likeness (QED) is 0.920. The van der Waals surface area contributed by atoms with Crippen LogP contribution in [-0.4, -0.2) is 42.1 Å². The maximum Gasteiger partial charge on any atom is 0.171 e. The van der Waals surface area contributed by atoms with E-state index in [2.05, 4.69) is 20.2 Å². The van der Waals surface area contributed by atoms with E-state index in [0.717, 1.165) is 43.9 Å². The van der Waals surface area contributed by atoms with Crippen LogP contribution in [0.25, 0.3) is 0 Å². The van der Waals surface area contributed by atoms with Gasteiger partial charge in [0.25, 0.3) is 0 Å². The molecule has 0 radical (unpaired) electrons. The van der Waals surface area contributed by atoms with Crippen LogP contribution in [0.5, 0.6) is 0 Å². The molecule has 1 aromatic heterocycles. The largest absolute Gasteiger partial charge is 0.356 e. The summed E-state index contributed by atoms with van der Waals surface area (Å²) >= 11 is 0. The minimum atomic E-state index is -0.905. The Morgan fingerprint density at radius 3 is 2.48 bits per heavy atom. The summed E-state index contributed by atoms with van der Waals surface area (Å²) in [5, 5.41) is 2.97. The van der Waals surface area contributed by atoms with E-state index in [4.69, 9.17) is 9.47 Å². The van der Waals surface area contributed by atoms with E-state index in [1.165, 1.54) is 12.4 Å². The second-order valence-electron chi connectivity index (χ2n) is 6.11. The summed E-state index contributed by atoms with van der Waals surface area (Å²) in [6.45, 7) is 2.83. The van der Waals surface area contributed by atoms with Gasteiger partial charge >= 0.3 is 0 Å². The molecule has 0 atom stereocenters. The number of hydrogen-bond acceptors (Lipinski definition) is 6. The van der Waals surface area contributed by atoms with Gasteiger partial charge in [0.2, 0.25) is 0 Å². The molecule has 6 nitrogen and oxygen atoms in total. The van der Waals surface area contributed by atoms with Crippen molar-refractivity contribution >= 4 is 17.3 Å². The Bertz CT molecular complexity index is 758. The molecule has 3 heterocycles. The van der Waals surface area contributed by atoms with Gasteiger partial charge in [0, 0.05) is 43.8 Å². The van der Waals surface area contributed by atoms with Crippen molar-refractivity contribution in [3.8, 4) is 0 Å². The number of aromatic nitrogens is 2. The lowest BCUT2D eigenvalue weighted by molar-refractivity contribution is -0.169. The Labute approximate surface area is 143 Å². The minimum Gasteiger partial charge on any atom is -0.356 e. The SMILES string of the molecule is Fc1ccc(Nc2cc(N3CCC4(CC3)OCCO4)ncn2)cc1F. The zero-order valence-corrected chi connectivity index (χ0v) is 13.5. The molecular formula is C17H18F2N4O2. The van der Waals surface area contributed by atoms with Gasteiger partial charge in [0.1, 0.15) is 18.0 Å².